The van der Waals surface area contributed by atoms with E-state index < -0.39 is 51.7 Å². The van der Waals surface area contributed by atoms with E-state index in [0.29, 0.717) is 55.7 Å². The smallest absolute Gasteiger partial charge is 0.744 e. The van der Waals surface area contributed by atoms with Gasteiger partial charge in [0.05, 0.1) is 73.9 Å². The van der Waals surface area contributed by atoms with Crippen molar-refractivity contribution < 1.29 is 235 Å². The van der Waals surface area contributed by atoms with E-state index in [1.807, 2.05) is 0 Å². The fraction of sp³-hybridized carbons (Fsp3) is 0.0714. The molecule has 39 heteroatoms. The molecule has 398 valence electrons. The Morgan fingerprint density at radius 2 is 1.06 bits per heavy atom. The minimum absolute atomic E-state index is 0. The number of benzene rings is 7. The second-order valence-electron chi connectivity index (χ2n) is 14.6. The average Bonchev–Trinajstić information content (AvgIpc) is 3.37. The summed E-state index contributed by atoms with van der Waals surface area (Å²) in [7, 11) is -14.2. The number of azo groups is 2. The van der Waals surface area contributed by atoms with Gasteiger partial charge in [-0.1, -0.05) is 31.7 Å². The van der Waals surface area contributed by atoms with Gasteiger partial charge in [0.1, 0.15) is 20.2 Å². The third kappa shape index (κ3) is 20.3. The summed E-state index contributed by atoms with van der Waals surface area (Å²) in [6.07, 6.45) is -1.19. The number of fused-ring (bicyclic) bond motifs is 3. The van der Waals surface area contributed by atoms with Crippen molar-refractivity contribution >= 4 is 145 Å². The van der Waals surface area contributed by atoms with E-state index in [1.54, 1.807) is 30.3 Å². The second kappa shape index (κ2) is 34.7. The fourth-order valence-electron chi connectivity index (χ4n) is 6.98. The molecule has 0 bridgehead atoms. The number of nitrogens with zero attached hydrogens (tertiary/aromatic N) is 7. The van der Waals surface area contributed by atoms with Crippen LogP contribution in [-0.2, 0) is 62.4 Å². The van der Waals surface area contributed by atoms with Crippen molar-refractivity contribution in [2.75, 3.05) is 23.0 Å². The molecule has 0 spiro atoms. The van der Waals surface area contributed by atoms with Gasteiger partial charge < -0.3 is 35.5 Å². The third-order valence-corrected chi connectivity index (χ3v) is 15.0. The molecule has 0 saturated carbocycles. The van der Waals surface area contributed by atoms with Crippen LogP contribution in [0, 0.1) is 6.08 Å². The minimum Gasteiger partial charge on any atom is -0.744 e. The largest absolute Gasteiger partial charge is 1.00 e. The minimum atomic E-state index is -5.24. The van der Waals surface area contributed by atoms with Crippen LogP contribution in [0.15, 0.2) is 160 Å². The molecule has 0 fully saturated rings. The van der Waals surface area contributed by atoms with Gasteiger partial charge in [-0.25, -0.2) is 25.3 Å². The van der Waals surface area contributed by atoms with Crippen molar-refractivity contribution in [2.45, 2.75) is 31.9 Å². The van der Waals surface area contributed by atoms with Crippen molar-refractivity contribution in [3.8, 4) is 0 Å². The van der Waals surface area contributed by atoms with Gasteiger partial charge in [0, 0.05) is 53.5 Å². The van der Waals surface area contributed by atoms with Gasteiger partial charge in [0.25, 0.3) is 0 Å². The molecule has 7 aromatic carbocycles. The Kier molecular flexibility index (Phi) is 32.4. The van der Waals surface area contributed by atoms with Gasteiger partial charge >= 0.3 is 154 Å². The van der Waals surface area contributed by atoms with Crippen molar-refractivity contribution in [3.63, 3.8) is 0 Å². The first-order valence-electron chi connectivity index (χ1n) is 20.2. The SMILES string of the molecule is C.O=S(=O)([O-])c1cc(N=Nc2ccc(N=Nc3ccc(Nc4nc(F)nc(Nc5ccc(S(=O)(=O)CCOSOO[O-])cc5)n4)c4ccc(SOO[O-])cc34)c3ccc(SOO[O-])cc23)cc2c(S(=O)(=O)[O-])cccc12.[Na+].[Na+].[Na+].[Na+].[Na+]. The molecular weight excluding hydrogens is 1240 g/mol. The van der Waals surface area contributed by atoms with Crippen LogP contribution in [0.3, 0.4) is 0 Å². The van der Waals surface area contributed by atoms with E-state index >= 15 is 0 Å². The number of hydrogen-bond acceptors (Lipinski definition) is 30. The van der Waals surface area contributed by atoms with Gasteiger partial charge in [-0.15, -0.1) is 19.7 Å². The first-order chi connectivity index (χ1) is 35.9. The second-order valence-corrected chi connectivity index (χ2v) is 21.4. The molecule has 1 aromatic heterocycles. The molecule has 0 amide bonds. The van der Waals surface area contributed by atoms with Crippen molar-refractivity contribution in [1.29, 1.82) is 0 Å². The Labute approximate surface area is 583 Å². The number of nitrogens with one attached hydrogen (secondary N) is 2. The molecule has 8 aromatic rings. The van der Waals surface area contributed by atoms with Crippen LogP contribution in [0.5, 0.6) is 0 Å². The van der Waals surface area contributed by atoms with Gasteiger partial charge in [0.2, 0.25) is 11.9 Å². The monoisotopic (exact) mass is 1270 g/mol. The molecular formula is C42H29FN9Na5O18S6. The normalized spacial score (nSPS) is 11.5. The Hall–Kier alpha value is -1.52. The molecule has 0 saturated heterocycles. The van der Waals surface area contributed by atoms with Gasteiger partial charge in [-0.2, -0.15) is 33.1 Å². The summed E-state index contributed by atoms with van der Waals surface area (Å²) < 4.78 is 131. The van der Waals surface area contributed by atoms with Crippen LogP contribution in [0.2, 0.25) is 0 Å². The third-order valence-electron chi connectivity index (χ3n) is 10.1. The maximum atomic E-state index is 14.9. The summed E-state index contributed by atoms with van der Waals surface area (Å²) in [4.78, 5) is 10.6. The zero-order valence-corrected chi connectivity index (χ0v) is 56.6. The molecule has 81 heavy (non-hydrogen) atoms. The Morgan fingerprint density at radius 1 is 0.531 bits per heavy atom. The maximum Gasteiger partial charge on any atom is 1.00 e. The maximum absolute atomic E-state index is 14.9. The van der Waals surface area contributed by atoms with Crippen LogP contribution < -0.4 is 174 Å². The first-order valence-corrected chi connectivity index (χ1v) is 26.8. The Balaban J connectivity index is 0.00000374. The molecule has 8 rings (SSSR count). The molecule has 1 heterocycles. The van der Waals surface area contributed by atoms with E-state index in [4.69, 9.17) is 4.18 Å². The quantitative estimate of drug-likeness (QED) is 0.0114. The average molecular weight is 1270 g/mol. The van der Waals surface area contributed by atoms with Gasteiger partial charge in [0.15, 0.2) is 22.2 Å². The molecule has 2 N–H and O–H groups in total. The number of rotatable bonds is 23. The molecule has 0 aliphatic carbocycles. The van der Waals surface area contributed by atoms with Crippen molar-refractivity contribution in [1.82, 2.24) is 15.0 Å². The molecule has 0 unspecified atom stereocenters. The number of sulfone groups is 1. The topological polar surface area (TPSA) is 394 Å². The van der Waals surface area contributed by atoms with E-state index in [2.05, 4.69) is 74.2 Å². The number of hydrogen-bond donors (Lipinski definition) is 2. The molecule has 0 atom stereocenters. The van der Waals surface area contributed by atoms with Crippen molar-refractivity contribution in [2.24, 2.45) is 20.5 Å². The number of halogens is 1. The van der Waals surface area contributed by atoms with E-state index in [9.17, 15) is 54.5 Å². The molecule has 0 aliphatic rings. The first kappa shape index (κ1) is 75.6. The van der Waals surface area contributed by atoms with E-state index in [0.717, 1.165) is 30.3 Å². The summed E-state index contributed by atoms with van der Waals surface area (Å²) in [6, 6.07) is 25.8. The van der Waals surface area contributed by atoms with Crippen LogP contribution >= 0.6 is 36.4 Å². The van der Waals surface area contributed by atoms with Crippen LogP contribution in [0.25, 0.3) is 32.3 Å². The predicted molar refractivity (Wildman–Crippen MR) is 259 cm³/mol. The van der Waals surface area contributed by atoms with E-state index in [1.165, 1.54) is 54.6 Å². The summed E-state index contributed by atoms with van der Waals surface area (Å²) in [5, 5.41) is 65.1. The fourth-order valence-corrected chi connectivity index (χ4v) is 10.6. The van der Waals surface area contributed by atoms with Crippen LogP contribution in [0.4, 0.5) is 50.4 Å². The molecule has 27 nitrogen and oxygen atoms in total. The zero-order chi connectivity index (χ0) is 53.3. The zero-order valence-electron chi connectivity index (χ0n) is 41.7. The number of aromatic nitrogens is 3. The van der Waals surface area contributed by atoms with Gasteiger partial charge in [-0.05, 0) is 91.0 Å². The van der Waals surface area contributed by atoms with Crippen LogP contribution in [-0.4, -0.2) is 61.7 Å². The summed E-state index contributed by atoms with van der Waals surface area (Å²) in [6.45, 7) is -0.329. The number of anilines is 4. The molecule has 0 radical (unpaired) electrons. The standard InChI is InChI=1S/C41H30FN9O18S6.CH4.5Na/c42-39-45-40(43-22-4-8-26(9-5-22)73(55,56)17-16-63-72-69-66-54)47-41(46-39)44-33-12-13-36(30-20-24(70-67-64-52)6-10-27(30)33)51-50-34-14-15-35(31-21-25(71-68-65-53)7-11-28(31)34)49-48-23-18-32-29(38(19-23)75(60,61)62)2-1-3-37(32)74(57,58)59;;;;;;/h1-15,18-21,52-54H,16-17H2,(H,57,58,59)(H,60,61,62)(H2,43,44,45,46,47);1H4;;;;;/q;;5*+1/p-5. The Morgan fingerprint density at radius 3 is 1.64 bits per heavy atom. The summed E-state index contributed by atoms with van der Waals surface area (Å²) in [5.74, 6) is -0.994. The summed E-state index contributed by atoms with van der Waals surface area (Å²) in [5.41, 5.74) is 0.817. The van der Waals surface area contributed by atoms with Gasteiger partial charge in [-0.3, -0.25) is 19.3 Å². The van der Waals surface area contributed by atoms with Crippen LogP contribution in [0.1, 0.15) is 7.43 Å². The summed E-state index contributed by atoms with van der Waals surface area (Å²) >= 11 is 1.28. The predicted octanol–water partition coefficient (Wildman–Crippen LogP) is -7.71. The Bertz CT molecular complexity index is 3880. The van der Waals surface area contributed by atoms with E-state index in [-0.39, 0.29) is 236 Å². The molecule has 0 aliphatic heterocycles. The van der Waals surface area contributed by atoms with Crippen molar-refractivity contribution in [3.05, 3.63) is 121 Å².